The standard InChI is InChI=1S/C20H27N3O2.2ClH/c1-14(2)21-11-5-7-16(20(24)25)12-17-19-10-9-15-6-3-4-8-18(15)23(19)13-22-17;;/h3-4,6,8,13-14,16,21H,5,7,9-12H2,1-2H3,(H,24,25);2*1H/t16-;;/m0../s1. The van der Waals surface area contributed by atoms with Gasteiger partial charge in [-0.3, -0.25) is 4.79 Å². The van der Waals surface area contributed by atoms with Crippen molar-refractivity contribution in [3.05, 3.63) is 47.5 Å². The second-order valence-electron chi connectivity index (χ2n) is 7.13. The van der Waals surface area contributed by atoms with Crippen molar-refractivity contribution < 1.29 is 9.90 Å². The number of para-hydroxylation sites is 1. The fourth-order valence-electron chi connectivity index (χ4n) is 3.55. The molecule has 0 saturated carbocycles. The number of carbonyl (C=O) groups is 1. The van der Waals surface area contributed by atoms with E-state index in [2.05, 4.69) is 46.9 Å². The first kappa shape index (κ1) is 23.5. The van der Waals surface area contributed by atoms with Crippen molar-refractivity contribution in [2.45, 2.75) is 52.0 Å². The minimum atomic E-state index is -0.720. The number of aliphatic carboxylic acids is 1. The molecule has 0 bridgehead atoms. The van der Waals surface area contributed by atoms with Crippen LogP contribution in [0.3, 0.4) is 0 Å². The molecule has 2 aromatic rings. The van der Waals surface area contributed by atoms with Crippen molar-refractivity contribution in [3.63, 3.8) is 0 Å². The predicted molar refractivity (Wildman–Crippen MR) is 113 cm³/mol. The molecule has 3 rings (SSSR count). The van der Waals surface area contributed by atoms with E-state index in [1.54, 1.807) is 0 Å². The van der Waals surface area contributed by atoms with Gasteiger partial charge in [-0.2, -0.15) is 0 Å². The number of carboxylic acids is 1. The summed E-state index contributed by atoms with van der Waals surface area (Å²) in [6.07, 6.45) is 5.83. The van der Waals surface area contributed by atoms with Gasteiger partial charge in [-0.1, -0.05) is 32.0 Å². The zero-order valence-corrected chi connectivity index (χ0v) is 17.5. The topological polar surface area (TPSA) is 67.2 Å². The lowest BCUT2D eigenvalue weighted by Crippen LogP contribution is -2.25. The zero-order chi connectivity index (χ0) is 17.8. The molecule has 0 saturated heterocycles. The van der Waals surface area contributed by atoms with Gasteiger partial charge in [0.05, 0.1) is 17.9 Å². The fourth-order valence-corrected chi connectivity index (χ4v) is 3.55. The van der Waals surface area contributed by atoms with Gasteiger partial charge in [0.15, 0.2) is 0 Å². The SMILES string of the molecule is CC(C)NCCC[C@@H](Cc1ncn2c1CCc1ccccc1-2)C(=O)O.Cl.Cl. The Balaban J connectivity index is 0.00000182. The van der Waals surface area contributed by atoms with Crippen LogP contribution in [0.4, 0.5) is 0 Å². The quantitative estimate of drug-likeness (QED) is 0.645. The minimum absolute atomic E-state index is 0. The van der Waals surface area contributed by atoms with Gasteiger partial charge in [-0.05, 0) is 43.9 Å². The van der Waals surface area contributed by atoms with Crippen LogP contribution in [-0.2, 0) is 24.1 Å². The van der Waals surface area contributed by atoms with Crippen LogP contribution in [0.1, 0.15) is 43.6 Å². The third-order valence-electron chi connectivity index (χ3n) is 4.91. The van der Waals surface area contributed by atoms with E-state index in [4.69, 9.17) is 0 Å². The highest BCUT2D eigenvalue weighted by atomic mass is 35.5. The van der Waals surface area contributed by atoms with Crippen molar-refractivity contribution in [2.24, 2.45) is 5.92 Å². The van der Waals surface area contributed by atoms with Crippen molar-refractivity contribution in [3.8, 4) is 5.69 Å². The van der Waals surface area contributed by atoms with Crippen LogP contribution in [0.5, 0.6) is 0 Å². The Bertz CT molecular complexity index is 747. The van der Waals surface area contributed by atoms with Crippen molar-refractivity contribution in [1.29, 1.82) is 0 Å². The number of nitrogens with one attached hydrogen (secondary N) is 1. The fraction of sp³-hybridized carbons (Fsp3) is 0.500. The number of hydrogen-bond acceptors (Lipinski definition) is 3. The van der Waals surface area contributed by atoms with Crippen LogP contribution in [0.25, 0.3) is 5.69 Å². The molecule has 0 aliphatic carbocycles. The molecule has 1 atom stereocenters. The van der Waals surface area contributed by atoms with Crippen LogP contribution in [0.2, 0.25) is 0 Å². The molecule has 27 heavy (non-hydrogen) atoms. The first-order valence-electron chi connectivity index (χ1n) is 9.16. The molecule has 1 aliphatic rings. The molecule has 1 aliphatic heterocycles. The molecule has 0 amide bonds. The van der Waals surface area contributed by atoms with Crippen LogP contribution < -0.4 is 5.32 Å². The number of hydrogen-bond donors (Lipinski definition) is 2. The Labute approximate surface area is 173 Å². The van der Waals surface area contributed by atoms with E-state index in [1.165, 1.54) is 16.9 Å². The Hall–Kier alpha value is -1.56. The first-order valence-corrected chi connectivity index (χ1v) is 9.16. The van der Waals surface area contributed by atoms with Gasteiger partial charge in [-0.15, -0.1) is 24.8 Å². The number of rotatable bonds is 8. The van der Waals surface area contributed by atoms with Gasteiger partial charge in [0.1, 0.15) is 0 Å². The Morgan fingerprint density at radius 3 is 2.70 bits per heavy atom. The average Bonchev–Trinajstić information content (AvgIpc) is 3.00. The molecule has 0 spiro atoms. The van der Waals surface area contributed by atoms with Gasteiger partial charge >= 0.3 is 5.97 Å². The second kappa shape index (κ2) is 10.7. The van der Waals surface area contributed by atoms with Gasteiger partial charge in [-0.25, -0.2) is 4.98 Å². The third kappa shape index (κ3) is 5.71. The van der Waals surface area contributed by atoms with E-state index in [0.717, 1.165) is 31.5 Å². The molecule has 150 valence electrons. The number of fused-ring (bicyclic) bond motifs is 3. The highest BCUT2D eigenvalue weighted by molar-refractivity contribution is 5.85. The second-order valence-corrected chi connectivity index (χ2v) is 7.13. The maximum absolute atomic E-state index is 11.7. The number of halogens is 2. The smallest absolute Gasteiger partial charge is 0.306 e. The van der Waals surface area contributed by atoms with Crippen molar-refractivity contribution >= 4 is 30.8 Å². The molecular weight excluding hydrogens is 385 g/mol. The van der Waals surface area contributed by atoms with Gasteiger partial charge in [0.25, 0.3) is 0 Å². The molecule has 2 heterocycles. The molecule has 0 radical (unpaired) electrons. The maximum atomic E-state index is 11.7. The molecule has 0 unspecified atom stereocenters. The van der Waals surface area contributed by atoms with E-state index in [0.29, 0.717) is 18.9 Å². The summed E-state index contributed by atoms with van der Waals surface area (Å²) in [6.45, 7) is 5.06. The number of benzene rings is 1. The molecular formula is C20H29Cl2N3O2. The van der Waals surface area contributed by atoms with Gasteiger partial charge in [0.2, 0.25) is 0 Å². The Morgan fingerprint density at radius 1 is 1.26 bits per heavy atom. The van der Waals surface area contributed by atoms with E-state index >= 15 is 0 Å². The van der Waals surface area contributed by atoms with Gasteiger partial charge in [0, 0.05) is 23.8 Å². The lowest BCUT2D eigenvalue weighted by molar-refractivity contribution is -0.142. The zero-order valence-electron chi connectivity index (χ0n) is 15.9. The molecule has 7 heteroatoms. The lowest BCUT2D eigenvalue weighted by atomic mass is 9.94. The van der Waals surface area contributed by atoms with E-state index in [9.17, 15) is 9.90 Å². The third-order valence-corrected chi connectivity index (χ3v) is 4.91. The van der Waals surface area contributed by atoms with Crippen LogP contribution in [-0.4, -0.2) is 33.2 Å². The molecule has 1 aromatic carbocycles. The summed E-state index contributed by atoms with van der Waals surface area (Å²) in [5, 5.41) is 12.9. The summed E-state index contributed by atoms with van der Waals surface area (Å²) >= 11 is 0. The highest BCUT2D eigenvalue weighted by Gasteiger charge is 2.24. The molecule has 0 fully saturated rings. The largest absolute Gasteiger partial charge is 0.481 e. The number of nitrogens with zero attached hydrogens (tertiary/aromatic N) is 2. The first-order chi connectivity index (χ1) is 12.1. The van der Waals surface area contributed by atoms with Crippen molar-refractivity contribution in [1.82, 2.24) is 14.9 Å². The molecule has 1 aromatic heterocycles. The van der Waals surface area contributed by atoms with Crippen LogP contribution in [0, 0.1) is 5.92 Å². The Kier molecular flexibility index (Phi) is 9.30. The summed E-state index contributed by atoms with van der Waals surface area (Å²) in [5.74, 6) is -1.09. The minimum Gasteiger partial charge on any atom is -0.481 e. The number of carboxylic acid groups (broad SMARTS) is 1. The van der Waals surface area contributed by atoms with Crippen LogP contribution >= 0.6 is 24.8 Å². The summed E-state index contributed by atoms with van der Waals surface area (Å²) in [7, 11) is 0. The van der Waals surface area contributed by atoms with E-state index in [-0.39, 0.29) is 30.7 Å². The highest BCUT2D eigenvalue weighted by Crippen LogP contribution is 2.28. The monoisotopic (exact) mass is 413 g/mol. The summed E-state index contributed by atoms with van der Waals surface area (Å²) < 4.78 is 2.13. The average molecular weight is 414 g/mol. The summed E-state index contributed by atoms with van der Waals surface area (Å²) in [5.41, 5.74) is 4.62. The molecule has 2 N–H and O–H groups in total. The maximum Gasteiger partial charge on any atom is 0.306 e. The van der Waals surface area contributed by atoms with E-state index in [1.807, 2.05) is 12.4 Å². The normalized spacial score (nSPS) is 13.1. The summed E-state index contributed by atoms with van der Waals surface area (Å²) in [6, 6.07) is 8.79. The number of aryl methyl sites for hydroxylation is 1. The van der Waals surface area contributed by atoms with Crippen molar-refractivity contribution in [2.75, 3.05) is 6.54 Å². The van der Waals surface area contributed by atoms with Gasteiger partial charge < -0.3 is 15.0 Å². The molecule has 5 nitrogen and oxygen atoms in total. The number of aromatic nitrogens is 2. The predicted octanol–water partition coefficient (Wildman–Crippen LogP) is 3.84. The number of imidazole rings is 1. The summed E-state index contributed by atoms with van der Waals surface area (Å²) in [4.78, 5) is 16.2. The van der Waals surface area contributed by atoms with E-state index < -0.39 is 5.97 Å². The lowest BCUT2D eigenvalue weighted by Gasteiger charge is -2.20. The Morgan fingerprint density at radius 2 is 2.00 bits per heavy atom. The van der Waals surface area contributed by atoms with Crippen LogP contribution in [0.15, 0.2) is 30.6 Å².